The first kappa shape index (κ1) is 18.2. The first-order valence-corrected chi connectivity index (χ1v) is 9.43. The lowest BCUT2D eigenvalue weighted by atomic mass is 10.1. The largest absolute Gasteiger partial charge is 0.326 e. The van der Waals surface area contributed by atoms with Crippen LogP contribution in [0.5, 0.6) is 0 Å². The maximum absolute atomic E-state index is 12.0. The molecule has 0 fully saturated rings. The lowest BCUT2D eigenvalue weighted by Crippen LogP contribution is -2.27. The Kier molecular flexibility index (Phi) is 6.52. The topological polar surface area (TPSA) is 75.3 Å². The van der Waals surface area contributed by atoms with E-state index in [1.165, 1.54) is 17.7 Å². The molecule has 0 atom stereocenters. The van der Waals surface area contributed by atoms with Crippen molar-refractivity contribution >= 4 is 21.6 Å². The van der Waals surface area contributed by atoms with E-state index in [-0.39, 0.29) is 23.8 Å². The van der Waals surface area contributed by atoms with E-state index in [9.17, 15) is 13.2 Å². The second-order valence-corrected chi connectivity index (χ2v) is 7.22. The highest BCUT2D eigenvalue weighted by Crippen LogP contribution is 2.11. The van der Waals surface area contributed by atoms with Crippen LogP contribution in [0.3, 0.4) is 0 Å². The monoisotopic (exact) mass is 346 g/mol. The van der Waals surface area contributed by atoms with Gasteiger partial charge in [-0.05, 0) is 36.2 Å². The van der Waals surface area contributed by atoms with Crippen LogP contribution >= 0.6 is 0 Å². The van der Waals surface area contributed by atoms with Crippen molar-refractivity contribution in [2.75, 3.05) is 11.9 Å². The SMILES string of the molecule is CCCc1ccc(NC(=O)CCNS(=O)(=O)c2ccccc2)cc1. The summed E-state index contributed by atoms with van der Waals surface area (Å²) in [5.41, 5.74) is 1.94. The Morgan fingerprint density at radius 2 is 1.67 bits per heavy atom. The molecule has 128 valence electrons. The molecule has 2 N–H and O–H groups in total. The molecule has 2 rings (SSSR count). The number of hydrogen-bond acceptors (Lipinski definition) is 3. The molecule has 1 amide bonds. The summed E-state index contributed by atoms with van der Waals surface area (Å²) in [5.74, 6) is -0.228. The van der Waals surface area contributed by atoms with Crippen LogP contribution < -0.4 is 10.0 Å². The Labute approximate surface area is 143 Å². The summed E-state index contributed by atoms with van der Waals surface area (Å²) < 4.78 is 26.5. The second kappa shape index (κ2) is 8.61. The van der Waals surface area contributed by atoms with Crippen molar-refractivity contribution in [3.05, 3.63) is 60.2 Å². The van der Waals surface area contributed by atoms with E-state index in [4.69, 9.17) is 0 Å². The summed E-state index contributed by atoms with van der Waals surface area (Å²) in [7, 11) is -3.57. The summed E-state index contributed by atoms with van der Waals surface area (Å²) >= 11 is 0. The summed E-state index contributed by atoms with van der Waals surface area (Å²) in [6.07, 6.45) is 2.16. The molecule has 0 aliphatic carbocycles. The Hall–Kier alpha value is -2.18. The molecule has 0 aliphatic rings. The van der Waals surface area contributed by atoms with Gasteiger partial charge in [-0.25, -0.2) is 13.1 Å². The van der Waals surface area contributed by atoms with Crippen LogP contribution in [0.1, 0.15) is 25.3 Å². The molecule has 0 aromatic heterocycles. The molecule has 0 saturated heterocycles. The number of amides is 1. The van der Waals surface area contributed by atoms with Gasteiger partial charge in [-0.3, -0.25) is 4.79 Å². The fourth-order valence-corrected chi connectivity index (χ4v) is 3.30. The van der Waals surface area contributed by atoms with Gasteiger partial charge in [-0.2, -0.15) is 0 Å². The van der Waals surface area contributed by atoms with Gasteiger partial charge in [0.1, 0.15) is 0 Å². The first-order valence-electron chi connectivity index (χ1n) is 7.95. The van der Waals surface area contributed by atoms with Crippen LogP contribution in [0.25, 0.3) is 0 Å². The van der Waals surface area contributed by atoms with Gasteiger partial charge in [0.2, 0.25) is 15.9 Å². The van der Waals surface area contributed by atoms with Gasteiger partial charge in [-0.1, -0.05) is 43.7 Å². The molecule has 0 heterocycles. The Balaban J connectivity index is 1.81. The van der Waals surface area contributed by atoms with Crippen molar-refractivity contribution in [1.29, 1.82) is 0 Å². The number of benzene rings is 2. The van der Waals surface area contributed by atoms with E-state index in [2.05, 4.69) is 17.0 Å². The summed E-state index contributed by atoms with van der Waals surface area (Å²) in [6, 6.07) is 15.8. The molecule has 24 heavy (non-hydrogen) atoms. The predicted octanol–water partition coefficient (Wildman–Crippen LogP) is 2.95. The molecule has 0 spiro atoms. The molecular formula is C18H22N2O3S. The first-order chi connectivity index (χ1) is 11.5. The molecule has 0 radical (unpaired) electrons. The zero-order valence-electron chi connectivity index (χ0n) is 13.7. The Bertz CT molecular complexity index is 757. The number of anilines is 1. The summed E-state index contributed by atoms with van der Waals surface area (Å²) in [4.78, 5) is 12.1. The van der Waals surface area contributed by atoms with E-state index >= 15 is 0 Å². The van der Waals surface area contributed by atoms with Gasteiger partial charge in [0, 0.05) is 18.7 Å². The summed E-state index contributed by atoms with van der Waals surface area (Å²) in [5, 5.41) is 2.76. The lowest BCUT2D eigenvalue weighted by Gasteiger charge is -2.08. The molecule has 0 bridgehead atoms. The number of aryl methyl sites for hydroxylation is 1. The van der Waals surface area contributed by atoms with Gasteiger partial charge >= 0.3 is 0 Å². The average molecular weight is 346 g/mol. The molecule has 6 heteroatoms. The minimum atomic E-state index is -3.57. The van der Waals surface area contributed by atoms with Crippen LogP contribution in [-0.4, -0.2) is 20.9 Å². The van der Waals surface area contributed by atoms with Gasteiger partial charge in [0.05, 0.1) is 4.90 Å². The maximum atomic E-state index is 12.0. The molecular weight excluding hydrogens is 324 g/mol. The van der Waals surface area contributed by atoms with Crippen LogP contribution in [-0.2, 0) is 21.2 Å². The standard InChI is InChI=1S/C18H22N2O3S/c1-2-6-15-9-11-16(12-10-15)20-18(21)13-14-19-24(22,23)17-7-4-3-5-8-17/h3-5,7-12,19H,2,6,13-14H2,1H3,(H,20,21). The van der Waals surface area contributed by atoms with Crippen LogP contribution in [0, 0.1) is 0 Å². The average Bonchev–Trinajstić information content (AvgIpc) is 2.57. The number of rotatable bonds is 8. The molecule has 2 aromatic carbocycles. The number of carbonyl (C=O) groups excluding carboxylic acids is 1. The van der Waals surface area contributed by atoms with E-state index < -0.39 is 10.0 Å². The van der Waals surface area contributed by atoms with Crippen molar-refractivity contribution in [3.8, 4) is 0 Å². The van der Waals surface area contributed by atoms with Gasteiger partial charge < -0.3 is 5.32 Å². The highest BCUT2D eigenvalue weighted by Gasteiger charge is 2.13. The maximum Gasteiger partial charge on any atom is 0.240 e. The van der Waals surface area contributed by atoms with Crippen molar-refractivity contribution in [2.45, 2.75) is 31.1 Å². The number of nitrogens with one attached hydrogen (secondary N) is 2. The lowest BCUT2D eigenvalue weighted by molar-refractivity contribution is -0.116. The van der Waals surface area contributed by atoms with Crippen LogP contribution in [0.2, 0.25) is 0 Å². The van der Waals surface area contributed by atoms with Crippen molar-refractivity contribution in [3.63, 3.8) is 0 Å². The van der Waals surface area contributed by atoms with Gasteiger partial charge in [0.25, 0.3) is 0 Å². The zero-order valence-corrected chi connectivity index (χ0v) is 14.5. The Morgan fingerprint density at radius 1 is 1.00 bits per heavy atom. The third-order valence-corrected chi connectivity index (χ3v) is 4.95. The number of hydrogen-bond donors (Lipinski definition) is 2. The van der Waals surface area contributed by atoms with E-state index in [1.54, 1.807) is 18.2 Å². The minimum absolute atomic E-state index is 0.0526. The molecule has 0 saturated carbocycles. The quantitative estimate of drug-likeness (QED) is 0.772. The highest BCUT2D eigenvalue weighted by molar-refractivity contribution is 7.89. The second-order valence-electron chi connectivity index (χ2n) is 5.46. The van der Waals surface area contributed by atoms with E-state index in [0.29, 0.717) is 5.69 Å². The Morgan fingerprint density at radius 3 is 2.29 bits per heavy atom. The highest BCUT2D eigenvalue weighted by atomic mass is 32.2. The number of carbonyl (C=O) groups is 1. The zero-order chi connectivity index (χ0) is 17.4. The van der Waals surface area contributed by atoms with Crippen molar-refractivity contribution < 1.29 is 13.2 Å². The van der Waals surface area contributed by atoms with Crippen molar-refractivity contribution in [2.24, 2.45) is 0 Å². The third kappa shape index (κ3) is 5.47. The fourth-order valence-electron chi connectivity index (χ4n) is 2.25. The number of sulfonamides is 1. The fraction of sp³-hybridized carbons (Fsp3) is 0.278. The molecule has 0 unspecified atom stereocenters. The summed E-state index contributed by atoms with van der Waals surface area (Å²) in [6.45, 7) is 2.17. The third-order valence-electron chi connectivity index (χ3n) is 3.47. The minimum Gasteiger partial charge on any atom is -0.326 e. The van der Waals surface area contributed by atoms with Gasteiger partial charge in [-0.15, -0.1) is 0 Å². The van der Waals surface area contributed by atoms with Crippen LogP contribution in [0.4, 0.5) is 5.69 Å². The molecule has 0 aliphatic heterocycles. The predicted molar refractivity (Wildman–Crippen MR) is 95.3 cm³/mol. The molecule has 2 aromatic rings. The normalized spacial score (nSPS) is 11.2. The van der Waals surface area contributed by atoms with E-state index in [1.807, 2.05) is 24.3 Å². The van der Waals surface area contributed by atoms with Gasteiger partial charge in [0.15, 0.2) is 0 Å². The van der Waals surface area contributed by atoms with Crippen LogP contribution in [0.15, 0.2) is 59.5 Å². The molecule has 5 nitrogen and oxygen atoms in total. The van der Waals surface area contributed by atoms with Crippen molar-refractivity contribution in [1.82, 2.24) is 4.72 Å². The van der Waals surface area contributed by atoms with E-state index in [0.717, 1.165) is 12.8 Å². The smallest absolute Gasteiger partial charge is 0.240 e.